The van der Waals surface area contributed by atoms with Crippen molar-refractivity contribution in [1.29, 1.82) is 0 Å². The van der Waals surface area contributed by atoms with Crippen molar-refractivity contribution < 1.29 is 24.2 Å². The zero-order chi connectivity index (χ0) is 21.3. The molecule has 150 valence electrons. The molecule has 1 amide bonds. The van der Waals surface area contributed by atoms with Gasteiger partial charge in [-0.3, -0.25) is 4.79 Å². The molecule has 0 bridgehead atoms. The molecule has 2 aromatic carbocycles. The first-order valence-electron chi connectivity index (χ1n) is 8.97. The highest BCUT2D eigenvalue weighted by Gasteiger charge is 2.19. The van der Waals surface area contributed by atoms with Crippen LogP contribution in [0.15, 0.2) is 48.5 Å². The van der Waals surface area contributed by atoms with Crippen molar-refractivity contribution in [3.05, 3.63) is 76.9 Å². The summed E-state index contributed by atoms with van der Waals surface area (Å²) in [5, 5.41) is 19.1. The monoisotopic (exact) mass is 396 g/mol. The number of carbonyl (C=O) groups excluding carboxylic acids is 1. The molecule has 29 heavy (non-hydrogen) atoms. The fraction of sp³-hybridized carbons (Fsp3) is 0.182. The first-order valence-corrected chi connectivity index (χ1v) is 8.97. The fourth-order valence-electron chi connectivity index (χ4n) is 3.43. The highest BCUT2D eigenvalue weighted by Crippen LogP contribution is 2.28. The molecular formula is C22H21FN2O4. The van der Waals surface area contributed by atoms with E-state index in [9.17, 15) is 19.1 Å². The maximum atomic E-state index is 13.6. The number of carboxylic acid groups (broad SMARTS) is 1. The second-order valence-electron chi connectivity index (χ2n) is 6.82. The maximum Gasteiger partial charge on any atom is 0.339 e. The van der Waals surface area contributed by atoms with Gasteiger partial charge in [-0.1, -0.05) is 6.07 Å². The van der Waals surface area contributed by atoms with Crippen LogP contribution in [-0.2, 0) is 11.3 Å². The standard InChI is InChI=1S/C22H21FN2O4/c1-13-9-16(12-24(15(3)26)18-6-4-5-17(23)10-18)14(2)25(13)19-7-8-20(22(28)29)21(27)11-19/h4-11,27H,12H2,1-3H3,(H,28,29). The number of carboxylic acids is 1. The summed E-state index contributed by atoms with van der Waals surface area (Å²) in [5.74, 6) is -2.17. The lowest BCUT2D eigenvalue weighted by Crippen LogP contribution is -2.28. The van der Waals surface area contributed by atoms with Crippen molar-refractivity contribution in [2.24, 2.45) is 0 Å². The first kappa shape index (κ1) is 20.1. The lowest BCUT2D eigenvalue weighted by Gasteiger charge is -2.21. The summed E-state index contributed by atoms with van der Waals surface area (Å²) < 4.78 is 15.5. The van der Waals surface area contributed by atoms with Crippen molar-refractivity contribution in [2.75, 3.05) is 4.90 Å². The van der Waals surface area contributed by atoms with Crippen molar-refractivity contribution in [3.63, 3.8) is 0 Å². The Morgan fingerprint density at radius 2 is 1.83 bits per heavy atom. The van der Waals surface area contributed by atoms with Crippen molar-refractivity contribution in [3.8, 4) is 11.4 Å². The molecule has 0 atom stereocenters. The fourth-order valence-corrected chi connectivity index (χ4v) is 3.43. The molecule has 0 radical (unpaired) electrons. The Hall–Kier alpha value is -3.61. The van der Waals surface area contributed by atoms with Gasteiger partial charge in [-0.2, -0.15) is 0 Å². The molecule has 2 N–H and O–H groups in total. The van der Waals surface area contributed by atoms with Crippen LogP contribution in [0.2, 0.25) is 0 Å². The van der Waals surface area contributed by atoms with Crippen molar-refractivity contribution >= 4 is 17.6 Å². The number of aromatic hydroxyl groups is 1. The van der Waals surface area contributed by atoms with Gasteiger partial charge in [-0.05, 0) is 55.8 Å². The van der Waals surface area contributed by atoms with E-state index in [2.05, 4.69) is 0 Å². The first-order chi connectivity index (χ1) is 13.7. The van der Waals surface area contributed by atoms with E-state index >= 15 is 0 Å². The Kier molecular flexibility index (Phi) is 5.41. The van der Waals surface area contributed by atoms with Gasteiger partial charge in [0.15, 0.2) is 0 Å². The van der Waals surface area contributed by atoms with Crippen LogP contribution in [0, 0.1) is 19.7 Å². The number of rotatable bonds is 5. The summed E-state index contributed by atoms with van der Waals surface area (Å²) in [4.78, 5) is 24.8. The third kappa shape index (κ3) is 3.99. The Balaban J connectivity index is 2.00. The number of benzene rings is 2. The predicted molar refractivity (Wildman–Crippen MR) is 107 cm³/mol. The average molecular weight is 396 g/mol. The molecule has 1 heterocycles. The third-order valence-corrected chi connectivity index (χ3v) is 4.83. The molecule has 0 aliphatic rings. The van der Waals surface area contributed by atoms with Crippen LogP contribution in [0.25, 0.3) is 5.69 Å². The highest BCUT2D eigenvalue weighted by molar-refractivity contribution is 5.92. The van der Waals surface area contributed by atoms with E-state index in [0.717, 1.165) is 17.0 Å². The minimum Gasteiger partial charge on any atom is -0.507 e. The summed E-state index contributed by atoms with van der Waals surface area (Å²) in [7, 11) is 0. The quantitative estimate of drug-likeness (QED) is 0.677. The molecule has 6 nitrogen and oxygen atoms in total. The van der Waals surface area contributed by atoms with Gasteiger partial charge in [0, 0.05) is 35.8 Å². The summed E-state index contributed by atoms with van der Waals surface area (Å²) >= 11 is 0. The number of aromatic nitrogens is 1. The number of aryl methyl sites for hydroxylation is 1. The van der Waals surface area contributed by atoms with Crippen LogP contribution in [0.3, 0.4) is 0 Å². The van der Waals surface area contributed by atoms with Gasteiger partial charge in [-0.15, -0.1) is 0 Å². The number of halogens is 1. The molecular weight excluding hydrogens is 375 g/mol. The summed E-state index contributed by atoms with van der Waals surface area (Å²) in [6.45, 7) is 5.41. The number of aromatic carboxylic acids is 1. The zero-order valence-corrected chi connectivity index (χ0v) is 16.3. The molecule has 0 aliphatic heterocycles. The molecule has 3 aromatic rings. The molecule has 3 rings (SSSR count). The van der Waals surface area contributed by atoms with Gasteiger partial charge < -0.3 is 19.7 Å². The zero-order valence-electron chi connectivity index (χ0n) is 16.3. The Morgan fingerprint density at radius 1 is 1.10 bits per heavy atom. The second-order valence-corrected chi connectivity index (χ2v) is 6.82. The van der Waals surface area contributed by atoms with Crippen LogP contribution in [0.4, 0.5) is 10.1 Å². The van der Waals surface area contributed by atoms with E-state index in [1.165, 1.54) is 36.1 Å². The van der Waals surface area contributed by atoms with Gasteiger partial charge in [-0.25, -0.2) is 9.18 Å². The molecule has 0 spiro atoms. The SMILES string of the molecule is CC(=O)N(Cc1cc(C)n(-c2ccc(C(=O)O)c(O)c2)c1C)c1cccc(F)c1. The average Bonchev–Trinajstić information content (AvgIpc) is 2.92. The molecule has 0 fully saturated rings. The lowest BCUT2D eigenvalue weighted by molar-refractivity contribution is -0.116. The number of hydrogen-bond donors (Lipinski definition) is 2. The number of anilines is 1. The number of carbonyl (C=O) groups is 2. The highest BCUT2D eigenvalue weighted by atomic mass is 19.1. The topological polar surface area (TPSA) is 82.8 Å². The molecule has 0 saturated heterocycles. The Bertz CT molecular complexity index is 1100. The normalized spacial score (nSPS) is 10.8. The summed E-state index contributed by atoms with van der Waals surface area (Å²) in [6, 6.07) is 12.1. The largest absolute Gasteiger partial charge is 0.507 e. The molecule has 0 unspecified atom stereocenters. The second kappa shape index (κ2) is 7.79. The summed E-state index contributed by atoms with van der Waals surface area (Å²) in [5.41, 5.74) is 3.42. The van der Waals surface area contributed by atoms with Crippen LogP contribution >= 0.6 is 0 Å². The summed E-state index contributed by atoms with van der Waals surface area (Å²) in [6.07, 6.45) is 0. The number of hydrogen-bond acceptors (Lipinski definition) is 3. The van der Waals surface area contributed by atoms with Crippen LogP contribution in [0.1, 0.15) is 34.2 Å². The lowest BCUT2D eigenvalue weighted by atomic mass is 10.1. The van der Waals surface area contributed by atoms with Gasteiger partial charge in [0.05, 0.1) is 6.54 Å². The molecule has 7 heteroatoms. The van der Waals surface area contributed by atoms with E-state index in [0.29, 0.717) is 11.4 Å². The van der Waals surface area contributed by atoms with Gasteiger partial charge in [0.25, 0.3) is 0 Å². The minimum absolute atomic E-state index is 0.176. The molecule has 0 aliphatic carbocycles. The Labute approximate surface area is 167 Å². The van der Waals surface area contributed by atoms with E-state index in [-0.39, 0.29) is 23.8 Å². The Morgan fingerprint density at radius 3 is 2.41 bits per heavy atom. The minimum atomic E-state index is -1.21. The van der Waals surface area contributed by atoms with E-state index < -0.39 is 11.8 Å². The van der Waals surface area contributed by atoms with Gasteiger partial charge >= 0.3 is 5.97 Å². The van der Waals surface area contributed by atoms with E-state index in [1.54, 1.807) is 18.2 Å². The number of phenols is 1. The molecule has 0 saturated carbocycles. The van der Waals surface area contributed by atoms with Gasteiger partial charge in [0.1, 0.15) is 17.1 Å². The smallest absolute Gasteiger partial charge is 0.339 e. The maximum absolute atomic E-state index is 13.6. The van der Waals surface area contributed by atoms with E-state index in [4.69, 9.17) is 5.11 Å². The van der Waals surface area contributed by atoms with Crippen molar-refractivity contribution in [2.45, 2.75) is 27.3 Å². The number of amides is 1. The van der Waals surface area contributed by atoms with Crippen LogP contribution in [-0.4, -0.2) is 26.7 Å². The van der Waals surface area contributed by atoms with Crippen molar-refractivity contribution in [1.82, 2.24) is 4.57 Å². The molecule has 1 aromatic heterocycles. The van der Waals surface area contributed by atoms with E-state index in [1.807, 2.05) is 24.5 Å². The number of nitrogens with zero attached hydrogens (tertiary/aromatic N) is 2. The predicted octanol–water partition coefficient (Wildman–Crippen LogP) is 4.19. The van der Waals surface area contributed by atoms with Crippen LogP contribution < -0.4 is 4.90 Å². The third-order valence-electron chi connectivity index (χ3n) is 4.83. The van der Waals surface area contributed by atoms with Gasteiger partial charge in [0.2, 0.25) is 5.91 Å². The van der Waals surface area contributed by atoms with Crippen LogP contribution in [0.5, 0.6) is 5.75 Å².